The Morgan fingerprint density at radius 3 is 2.61 bits per heavy atom. The van der Waals surface area contributed by atoms with Crippen molar-refractivity contribution < 1.29 is 4.79 Å². The Labute approximate surface area is 113 Å². The summed E-state index contributed by atoms with van der Waals surface area (Å²) in [6.07, 6.45) is 0.932. The van der Waals surface area contributed by atoms with Gasteiger partial charge in [0.2, 0.25) is 0 Å². The van der Waals surface area contributed by atoms with Crippen LogP contribution in [-0.4, -0.2) is 69.4 Å². The maximum absolute atomic E-state index is 10.7. The van der Waals surface area contributed by atoms with Crippen molar-refractivity contribution in [3.63, 3.8) is 0 Å². The van der Waals surface area contributed by atoms with Crippen molar-refractivity contribution in [2.75, 3.05) is 58.3 Å². The van der Waals surface area contributed by atoms with Crippen molar-refractivity contribution in [1.82, 2.24) is 9.80 Å². The van der Waals surface area contributed by atoms with Crippen molar-refractivity contribution >= 4 is 23.3 Å². The minimum Gasteiger partial charge on any atom is -0.368 e. The highest BCUT2D eigenvalue weighted by Gasteiger charge is 2.17. The van der Waals surface area contributed by atoms with E-state index in [0.717, 1.165) is 50.4 Å². The van der Waals surface area contributed by atoms with Crippen LogP contribution in [0.1, 0.15) is 9.67 Å². The molecule has 4 nitrogen and oxygen atoms in total. The summed E-state index contributed by atoms with van der Waals surface area (Å²) in [6, 6.07) is 1.99. The van der Waals surface area contributed by atoms with Crippen LogP contribution in [0.4, 0.5) is 5.69 Å². The molecule has 0 aliphatic carbocycles. The second kappa shape index (κ2) is 6.31. The molecule has 1 aromatic heterocycles. The molecule has 0 bridgehead atoms. The van der Waals surface area contributed by atoms with E-state index in [2.05, 4.69) is 34.2 Å². The molecule has 0 aromatic carbocycles. The third-order valence-corrected chi connectivity index (χ3v) is 4.17. The molecule has 2 rings (SSSR count). The molecule has 2 heterocycles. The summed E-state index contributed by atoms with van der Waals surface area (Å²) in [6.45, 7) is 6.60. The fourth-order valence-corrected chi connectivity index (χ4v) is 2.86. The maximum atomic E-state index is 10.7. The van der Waals surface area contributed by atoms with Crippen molar-refractivity contribution in [3.8, 4) is 0 Å². The SMILES string of the molecule is CN(C)CCN1CCN(c2csc(C=O)c2)CC1. The number of hydrogen-bond acceptors (Lipinski definition) is 5. The van der Waals surface area contributed by atoms with Crippen molar-refractivity contribution in [2.24, 2.45) is 0 Å². The van der Waals surface area contributed by atoms with E-state index in [1.165, 1.54) is 17.0 Å². The van der Waals surface area contributed by atoms with E-state index < -0.39 is 0 Å². The quantitative estimate of drug-likeness (QED) is 0.750. The lowest BCUT2D eigenvalue weighted by atomic mass is 10.3. The molecular formula is C13H21N3OS. The summed E-state index contributed by atoms with van der Waals surface area (Å²) in [5, 5.41) is 2.08. The van der Waals surface area contributed by atoms with Gasteiger partial charge in [0.15, 0.2) is 6.29 Å². The number of aldehydes is 1. The molecule has 0 spiro atoms. The van der Waals surface area contributed by atoms with Crippen LogP contribution in [0.5, 0.6) is 0 Å². The Hall–Kier alpha value is -0.910. The second-order valence-electron chi connectivity index (χ2n) is 4.96. The molecular weight excluding hydrogens is 246 g/mol. The van der Waals surface area contributed by atoms with Gasteiger partial charge in [-0.2, -0.15) is 0 Å². The summed E-state index contributed by atoms with van der Waals surface area (Å²) < 4.78 is 0. The number of anilines is 1. The van der Waals surface area contributed by atoms with Gasteiger partial charge >= 0.3 is 0 Å². The Balaban J connectivity index is 1.81. The Morgan fingerprint density at radius 2 is 2.06 bits per heavy atom. The van der Waals surface area contributed by atoms with E-state index >= 15 is 0 Å². The lowest BCUT2D eigenvalue weighted by Crippen LogP contribution is -2.48. The van der Waals surface area contributed by atoms with E-state index in [4.69, 9.17) is 0 Å². The second-order valence-corrected chi connectivity index (χ2v) is 5.90. The molecule has 1 saturated heterocycles. The highest BCUT2D eigenvalue weighted by atomic mass is 32.1. The molecule has 1 aliphatic heterocycles. The number of carbonyl (C=O) groups is 1. The number of rotatable bonds is 5. The molecule has 0 unspecified atom stereocenters. The smallest absolute Gasteiger partial charge is 0.160 e. The molecule has 5 heteroatoms. The van der Waals surface area contributed by atoms with Gasteiger partial charge in [0, 0.05) is 50.3 Å². The summed E-state index contributed by atoms with van der Waals surface area (Å²) in [5.74, 6) is 0. The van der Waals surface area contributed by atoms with Gasteiger partial charge < -0.3 is 9.80 Å². The molecule has 1 fully saturated rings. The normalized spacial score (nSPS) is 17.4. The zero-order chi connectivity index (χ0) is 13.0. The molecule has 1 aliphatic rings. The molecule has 0 N–H and O–H groups in total. The largest absolute Gasteiger partial charge is 0.368 e. The Morgan fingerprint density at radius 1 is 1.33 bits per heavy atom. The van der Waals surface area contributed by atoms with Gasteiger partial charge in [0.25, 0.3) is 0 Å². The van der Waals surface area contributed by atoms with Crippen LogP contribution < -0.4 is 4.90 Å². The highest BCUT2D eigenvalue weighted by molar-refractivity contribution is 7.12. The molecule has 18 heavy (non-hydrogen) atoms. The zero-order valence-electron chi connectivity index (χ0n) is 11.1. The molecule has 100 valence electrons. The predicted molar refractivity (Wildman–Crippen MR) is 76.9 cm³/mol. The number of hydrogen-bond donors (Lipinski definition) is 0. The fourth-order valence-electron chi connectivity index (χ4n) is 2.14. The Bertz CT molecular complexity index is 383. The summed E-state index contributed by atoms with van der Waals surface area (Å²) in [5.41, 5.74) is 1.20. The summed E-state index contributed by atoms with van der Waals surface area (Å²) in [4.78, 5) is 18.6. The third kappa shape index (κ3) is 3.54. The molecule has 0 saturated carbocycles. The van der Waals surface area contributed by atoms with E-state index in [1.54, 1.807) is 0 Å². The highest BCUT2D eigenvalue weighted by Crippen LogP contribution is 2.23. The van der Waals surface area contributed by atoms with Gasteiger partial charge in [0.1, 0.15) is 0 Å². The number of carbonyl (C=O) groups excluding carboxylic acids is 1. The molecule has 0 radical (unpaired) electrons. The van der Waals surface area contributed by atoms with Crippen LogP contribution in [0.25, 0.3) is 0 Å². The lowest BCUT2D eigenvalue weighted by Gasteiger charge is -2.36. The van der Waals surface area contributed by atoms with Gasteiger partial charge in [-0.3, -0.25) is 9.69 Å². The topological polar surface area (TPSA) is 26.8 Å². The van der Waals surface area contributed by atoms with E-state index in [0.29, 0.717) is 0 Å². The van der Waals surface area contributed by atoms with Gasteiger partial charge in [-0.15, -0.1) is 11.3 Å². The van der Waals surface area contributed by atoms with Crippen LogP contribution in [0, 0.1) is 0 Å². The first-order valence-corrected chi connectivity index (χ1v) is 7.23. The predicted octanol–water partition coefficient (Wildman–Crippen LogP) is 1.24. The first kappa shape index (κ1) is 13.5. The average molecular weight is 267 g/mol. The lowest BCUT2D eigenvalue weighted by molar-refractivity contribution is 0.112. The number of thiophene rings is 1. The maximum Gasteiger partial charge on any atom is 0.160 e. The standard InChI is InChI=1S/C13H21N3OS/c1-14(2)3-4-15-5-7-16(8-6-15)12-9-13(10-17)18-11-12/h9-11H,3-8H2,1-2H3. The molecule has 0 atom stereocenters. The van der Waals surface area contributed by atoms with Crippen molar-refractivity contribution in [3.05, 3.63) is 16.3 Å². The minimum absolute atomic E-state index is 0.819. The Kier molecular flexibility index (Phi) is 4.74. The van der Waals surface area contributed by atoms with Crippen LogP contribution in [0.3, 0.4) is 0 Å². The monoisotopic (exact) mass is 267 g/mol. The average Bonchev–Trinajstić information content (AvgIpc) is 2.85. The third-order valence-electron chi connectivity index (χ3n) is 3.32. The minimum atomic E-state index is 0.819. The van der Waals surface area contributed by atoms with Crippen molar-refractivity contribution in [1.29, 1.82) is 0 Å². The number of nitrogens with zero attached hydrogens (tertiary/aromatic N) is 3. The summed E-state index contributed by atoms with van der Waals surface area (Å²) >= 11 is 1.53. The van der Waals surface area contributed by atoms with Gasteiger partial charge in [-0.05, 0) is 20.2 Å². The van der Waals surface area contributed by atoms with E-state index in [9.17, 15) is 4.79 Å². The van der Waals surface area contributed by atoms with Crippen LogP contribution in [-0.2, 0) is 0 Å². The van der Waals surface area contributed by atoms with Gasteiger partial charge in [-0.1, -0.05) is 0 Å². The first-order valence-electron chi connectivity index (χ1n) is 6.35. The van der Waals surface area contributed by atoms with Crippen LogP contribution >= 0.6 is 11.3 Å². The first-order chi connectivity index (χ1) is 8.69. The van der Waals surface area contributed by atoms with Gasteiger partial charge in [0.05, 0.1) is 4.88 Å². The molecule has 0 amide bonds. The van der Waals surface area contributed by atoms with Crippen LogP contribution in [0.15, 0.2) is 11.4 Å². The van der Waals surface area contributed by atoms with E-state index in [1.807, 2.05) is 6.07 Å². The van der Waals surface area contributed by atoms with Crippen LogP contribution in [0.2, 0.25) is 0 Å². The summed E-state index contributed by atoms with van der Waals surface area (Å²) in [7, 11) is 4.23. The van der Waals surface area contributed by atoms with Crippen molar-refractivity contribution in [2.45, 2.75) is 0 Å². The zero-order valence-corrected chi connectivity index (χ0v) is 11.9. The van der Waals surface area contributed by atoms with Gasteiger partial charge in [-0.25, -0.2) is 0 Å². The number of likely N-dealkylation sites (N-methyl/N-ethyl adjacent to an activating group) is 1. The van der Waals surface area contributed by atoms with E-state index in [-0.39, 0.29) is 0 Å². The number of piperazine rings is 1. The molecule has 1 aromatic rings. The fraction of sp³-hybridized carbons (Fsp3) is 0.615.